The van der Waals surface area contributed by atoms with Crippen molar-refractivity contribution in [3.05, 3.63) is 23.5 Å². The first-order valence-corrected chi connectivity index (χ1v) is 15.2. The van der Waals surface area contributed by atoms with E-state index in [9.17, 15) is 19.8 Å². The first-order chi connectivity index (χ1) is 23.8. The molecule has 14 nitrogen and oxygen atoms in total. The standard InChI is InChI=1S/2C16H27N5O2/c2*1-9-5-6-10(7-12(9)22)19-14-11(13(17)23)8-18-15(20-14)21-16(2,3)4/h2*8-10,12,22H,5-7H2,1-4H3,(H2,17,23)(H2,18,19,20,21)/i1D3,10D,12D;9D,12D. The van der Waals surface area contributed by atoms with Gasteiger partial charge in [-0.3, -0.25) is 9.59 Å². The highest BCUT2D eigenvalue weighted by Crippen LogP contribution is 2.29. The number of amides is 2. The Kier molecular flexibility index (Phi) is 9.04. The highest BCUT2D eigenvalue weighted by Gasteiger charge is 2.29. The van der Waals surface area contributed by atoms with Gasteiger partial charge in [0.1, 0.15) is 11.6 Å². The lowest BCUT2D eigenvalue weighted by atomic mass is 9.85. The second-order valence-electron chi connectivity index (χ2n) is 13.7. The second kappa shape index (κ2) is 15.2. The molecule has 46 heavy (non-hydrogen) atoms. The van der Waals surface area contributed by atoms with Crippen LogP contribution in [0, 0.1) is 11.8 Å². The smallest absolute Gasteiger partial charge is 0.254 e. The van der Waals surface area contributed by atoms with Crippen molar-refractivity contribution < 1.29 is 29.4 Å². The zero-order valence-corrected chi connectivity index (χ0v) is 27.7. The molecule has 6 atom stereocenters. The molecule has 256 valence electrons. The van der Waals surface area contributed by atoms with E-state index in [1.165, 1.54) is 12.4 Å². The van der Waals surface area contributed by atoms with Gasteiger partial charge < -0.3 is 42.9 Å². The third-order valence-corrected chi connectivity index (χ3v) is 7.05. The van der Waals surface area contributed by atoms with E-state index in [1.54, 1.807) is 6.92 Å². The fourth-order valence-corrected chi connectivity index (χ4v) is 4.67. The zero-order valence-electron chi connectivity index (χ0n) is 34.7. The van der Waals surface area contributed by atoms with Crippen molar-refractivity contribution in [3.8, 4) is 0 Å². The third-order valence-electron chi connectivity index (χ3n) is 7.05. The van der Waals surface area contributed by atoms with Gasteiger partial charge in [-0.25, -0.2) is 9.97 Å². The van der Waals surface area contributed by atoms with Crippen LogP contribution in [0.3, 0.4) is 0 Å². The average molecular weight is 650 g/mol. The predicted octanol–water partition coefficient (Wildman–Crippen LogP) is 3.49. The van der Waals surface area contributed by atoms with Crippen LogP contribution in [0.5, 0.6) is 0 Å². The number of nitrogens with two attached hydrogens (primary N) is 2. The van der Waals surface area contributed by atoms with Gasteiger partial charge in [0.2, 0.25) is 11.9 Å². The highest BCUT2D eigenvalue weighted by atomic mass is 16.3. The maximum Gasteiger partial charge on any atom is 0.254 e. The molecule has 0 aliphatic heterocycles. The molecule has 2 aromatic heterocycles. The third kappa shape index (κ3) is 11.2. The van der Waals surface area contributed by atoms with E-state index in [0.717, 1.165) is 0 Å². The van der Waals surface area contributed by atoms with E-state index in [-0.39, 0.29) is 65.1 Å². The van der Waals surface area contributed by atoms with Crippen LogP contribution < -0.4 is 32.7 Å². The molecule has 0 saturated heterocycles. The topological polar surface area (TPSA) is 226 Å². The summed E-state index contributed by atoms with van der Waals surface area (Å²) in [7, 11) is 0. The lowest BCUT2D eigenvalue weighted by molar-refractivity contribution is 0.0737. The predicted molar refractivity (Wildman–Crippen MR) is 181 cm³/mol. The number of rotatable bonds is 8. The Morgan fingerprint density at radius 2 is 1.35 bits per heavy atom. The van der Waals surface area contributed by atoms with Crippen molar-refractivity contribution in [1.82, 2.24) is 19.9 Å². The van der Waals surface area contributed by atoms with Crippen LogP contribution in [-0.4, -0.2) is 77.3 Å². The van der Waals surface area contributed by atoms with Crippen molar-refractivity contribution in [2.45, 2.75) is 129 Å². The van der Waals surface area contributed by atoms with Crippen LogP contribution in [0.2, 0.25) is 0 Å². The van der Waals surface area contributed by atoms with Crippen molar-refractivity contribution in [1.29, 1.82) is 0 Å². The van der Waals surface area contributed by atoms with Gasteiger partial charge in [-0.15, -0.1) is 0 Å². The number of nitrogens with zero attached hydrogens (tertiary/aromatic N) is 4. The van der Waals surface area contributed by atoms with E-state index in [2.05, 4.69) is 41.2 Å². The SMILES string of the molecule is [2H]C1(C)CCC(Nc2nc(NC(C)(C)C)ncc2C(N)=O)CC1([2H])O.[2H]C1(Nc2nc(NC(C)(C)C)ncc2C(N)=O)CCC(C([2H])([2H])[2H])C([2H])(O)C1. The Hall–Kier alpha value is -3.78. The minimum Gasteiger partial charge on any atom is -0.393 e. The fourth-order valence-electron chi connectivity index (χ4n) is 4.67. The van der Waals surface area contributed by atoms with Crippen molar-refractivity contribution >= 4 is 35.3 Å². The van der Waals surface area contributed by atoms with Gasteiger partial charge in [0.15, 0.2) is 0 Å². The van der Waals surface area contributed by atoms with Crippen molar-refractivity contribution in [3.63, 3.8) is 0 Å². The molecule has 2 amide bonds. The van der Waals surface area contributed by atoms with Crippen LogP contribution in [0.25, 0.3) is 0 Å². The molecule has 0 spiro atoms. The lowest BCUT2D eigenvalue weighted by Gasteiger charge is -2.32. The van der Waals surface area contributed by atoms with Crippen LogP contribution >= 0.6 is 0 Å². The number of hydrogen-bond acceptors (Lipinski definition) is 12. The number of aliphatic hydroxyl groups is 2. The van der Waals surface area contributed by atoms with E-state index >= 15 is 0 Å². The molecule has 2 aliphatic carbocycles. The van der Waals surface area contributed by atoms with Gasteiger partial charge in [0.25, 0.3) is 11.8 Å². The molecule has 2 aliphatic rings. The number of aromatic nitrogens is 4. The van der Waals surface area contributed by atoms with E-state index in [4.69, 9.17) is 21.1 Å². The first-order valence-electron chi connectivity index (χ1n) is 18.7. The summed E-state index contributed by atoms with van der Waals surface area (Å²) in [6, 6.07) is -1.90. The minimum atomic E-state index is -2.51. The molecule has 2 saturated carbocycles. The van der Waals surface area contributed by atoms with Crippen LogP contribution in [0.15, 0.2) is 12.4 Å². The van der Waals surface area contributed by atoms with Crippen molar-refractivity contribution in [2.75, 3.05) is 21.3 Å². The molecular weight excluding hydrogens is 588 g/mol. The monoisotopic (exact) mass is 649 g/mol. The van der Waals surface area contributed by atoms with Gasteiger partial charge >= 0.3 is 0 Å². The first kappa shape index (κ1) is 27.3. The minimum absolute atomic E-state index is 0.00705. The summed E-state index contributed by atoms with van der Waals surface area (Å²) >= 11 is 0. The molecule has 0 radical (unpaired) electrons. The number of carbonyl (C=O) groups is 2. The van der Waals surface area contributed by atoms with Gasteiger partial charge in [0, 0.05) is 41.0 Å². The Balaban J connectivity index is 0.000000287. The van der Waals surface area contributed by atoms with Crippen LogP contribution in [0.4, 0.5) is 23.5 Å². The Morgan fingerprint density at radius 3 is 1.78 bits per heavy atom. The Morgan fingerprint density at radius 1 is 0.826 bits per heavy atom. The van der Waals surface area contributed by atoms with Gasteiger partial charge in [-0.05, 0) is 91.9 Å². The molecule has 14 heteroatoms. The summed E-state index contributed by atoms with van der Waals surface area (Å²) in [5.74, 6) is -3.14. The molecule has 4 rings (SSSR count). The lowest BCUT2D eigenvalue weighted by Crippen LogP contribution is -2.36. The van der Waals surface area contributed by atoms with Crippen molar-refractivity contribution in [2.24, 2.45) is 23.3 Å². The number of carbonyl (C=O) groups excluding carboxylic acids is 2. The highest BCUT2D eigenvalue weighted by molar-refractivity contribution is 5.98. The van der Waals surface area contributed by atoms with Crippen LogP contribution in [0.1, 0.15) is 124 Å². The molecule has 2 fully saturated rings. The number of anilines is 4. The number of hydrogen-bond donors (Lipinski definition) is 8. The molecule has 6 unspecified atom stereocenters. The normalized spacial score (nSPS) is 33.9. The van der Waals surface area contributed by atoms with E-state index < -0.39 is 55.1 Å². The number of nitrogens with one attached hydrogen (secondary N) is 4. The van der Waals surface area contributed by atoms with E-state index in [1.807, 2.05) is 41.5 Å². The summed E-state index contributed by atoms with van der Waals surface area (Å²) in [6.07, 6.45) is -1.13. The Bertz CT molecular complexity index is 1650. The fraction of sp³-hybridized carbons (Fsp3) is 0.688. The van der Waals surface area contributed by atoms with Gasteiger partial charge in [-0.1, -0.05) is 13.8 Å². The summed E-state index contributed by atoms with van der Waals surface area (Å²) in [5.41, 5.74) is 10.3. The number of primary amides is 2. The molecule has 10 N–H and O–H groups in total. The molecule has 0 aromatic carbocycles. The summed E-state index contributed by atoms with van der Waals surface area (Å²) in [5, 5.41) is 32.7. The summed E-state index contributed by atoms with van der Waals surface area (Å²) < 4.78 is 55.3. The zero-order chi connectivity index (χ0) is 40.6. The average Bonchev–Trinajstić information content (AvgIpc) is 2.92. The summed E-state index contributed by atoms with van der Waals surface area (Å²) in [4.78, 5) is 40.1. The molecule has 2 aromatic rings. The largest absolute Gasteiger partial charge is 0.393 e. The van der Waals surface area contributed by atoms with Gasteiger partial charge in [-0.2, -0.15) is 9.97 Å². The van der Waals surface area contributed by atoms with Crippen LogP contribution in [-0.2, 0) is 0 Å². The maximum absolute atomic E-state index is 11.7. The summed E-state index contributed by atoms with van der Waals surface area (Å²) in [6.45, 7) is 10.6. The quantitative estimate of drug-likeness (QED) is 0.206. The maximum atomic E-state index is 11.7. The van der Waals surface area contributed by atoms with E-state index in [0.29, 0.717) is 18.8 Å². The molecule has 2 heterocycles. The second-order valence-corrected chi connectivity index (χ2v) is 13.7. The molecular formula is C32H54N10O4. The Labute approximate surface area is 282 Å². The van der Waals surface area contributed by atoms with Gasteiger partial charge in [0.05, 0.1) is 27.4 Å². The molecule has 0 bridgehead atoms.